The molecule has 0 aliphatic carbocycles. The molecule has 1 aliphatic rings. The highest BCUT2D eigenvalue weighted by molar-refractivity contribution is 5.85. The zero-order chi connectivity index (χ0) is 21.9. The lowest BCUT2D eigenvalue weighted by Crippen LogP contribution is -2.30. The number of benzene rings is 1. The van der Waals surface area contributed by atoms with Gasteiger partial charge in [-0.2, -0.15) is 5.26 Å². The van der Waals surface area contributed by atoms with Crippen LogP contribution < -0.4 is 5.56 Å². The van der Waals surface area contributed by atoms with Crippen molar-refractivity contribution in [2.24, 2.45) is 0 Å². The molecule has 0 saturated carbocycles. The molecule has 31 heavy (non-hydrogen) atoms. The molecular weight excluding hydrogens is 394 g/mol. The van der Waals surface area contributed by atoms with Crippen molar-refractivity contribution >= 4 is 16.6 Å². The van der Waals surface area contributed by atoms with Crippen LogP contribution in [0.2, 0.25) is 0 Å². The van der Waals surface area contributed by atoms with Crippen LogP contribution in [0.25, 0.3) is 27.9 Å². The first-order valence-electron chi connectivity index (χ1n) is 10.3. The van der Waals surface area contributed by atoms with Gasteiger partial charge in [-0.3, -0.25) is 13.8 Å². The molecule has 0 N–H and O–H groups in total. The fourth-order valence-electron chi connectivity index (χ4n) is 4.46. The first kappa shape index (κ1) is 19.5. The van der Waals surface area contributed by atoms with Gasteiger partial charge in [0.15, 0.2) is 0 Å². The van der Waals surface area contributed by atoms with Crippen LogP contribution in [0.3, 0.4) is 0 Å². The van der Waals surface area contributed by atoms with Gasteiger partial charge >= 0.3 is 0 Å². The number of rotatable bonds is 2. The molecule has 1 fully saturated rings. The average Bonchev–Trinajstić information content (AvgIpc) is 3.45. The Morgan fingerprint density at radius 2 is 1.97 bits per heavy atom. The molecule has 5 rings (SSSR count). The van der Waals surface area contributed by atoms with E-state index in [1.54, 1.807) is 10.7 Å². The van der Waals surface area contributed by atoms with Gasteiger partial charge in [0.1, 0.15) is 23.2 Å². The maximum Gasteiger partial charge on any atom is 0.278 e. The summed E-state index contributed by atoms with van der Waals surface area (Å²) in [7, 11) is 0. The van der Waals surface area contributed by atoms with Crippen molar-refractivity contribution in [2.75, 3.05) is 6.61 Å². The monoisotopic (exact) mass is 417 g/mol. The Labute approximate surface area is 178 Å². The number of nitriles is 1. The minimum Gasteiger partial charge on any atom is -0.376 e. The highest BCUT2D eigenvalue weighted by Crippen LogP contribution is 2.34. The van der Waals surface area contributed by atoms with E-state index >= 15 is 0 Å². The predicted molar refractivity (Wildman–Crippen MR) is 115 cm³/mol. The Bertz CT molecular complexity index is 1410. The van der Waals surface area contributed by atoms with Crippen molar-refractivity contribution in [3.63, 3.8) is 0 Å². The Kier molecular flexibility index (Phi) is 4.24. The number of ether oxygens (including phenoxy) is 1. The quantitative estimate of drug-likeness (QED) is 0.497. The molecule has 0 spiro atoms. The summed E-state index contributed by atoms with van der Waals surface area (Å²) in [6, 6.07) is 7.70. The summed E-state index contributed by atoms with van der Waals surface area (Å²) >= 11 is 0. The zero-order valence-corrected chi connectivity index (χ0v) is 17.9. The van der Waals surface area contributed by atoms with E-state index in [4.69, 9.17) is 4.74 Å². The number of fused-ring (bicyclic) bond motifs is 3. The predicted octanol–water partition coefficient (Wildman–Crippen LogP) is 2.88. The maximum atomic E-state index is 13.9. The topological polar surface area (TPSA) is 103 Å². The van der Waals surface area contributed by atoms with E-state index in [2.05, 4.69) is 15.3 Å². The van der Waals surface area contributed by atoms with E-state index in [9.17, 15) is 10.1 Å². The Hall–Kier alpha value is -3.51. The summed E-state index contributed by atoms with van der Waals surface area (Å²) < 4.78 is 10.5. The van der Waals surface area contributed by atoms with Gasteiger partial charge in [0.05, 0.1) is 28.9 Å². The number of hydrogen-bond donors (Lipinski definition) is 0. The highest BCUT2D eigenvalue weighted by Gasteiger charge is 2.32. The molecule has 9 heteroatoms. The molecule has 158 valence electrons. The molecule has 1 saturated heterocycles. The van der Waals surface area contributed by atoms with Gasteiger partial charge in [-0.25, -0.2) is 4.98 Å². The van der Waals surface area contributed by atoms with E-state index in [0.717, 1.165) is 22.1 Å². The van der Waals surface area contributed by atoms with E-state index in [-0.39, 0.29) is 23.1 Å². The largest absolute Gasteiger partial charge is 0.376 e. The molecule has 1 aliphatic heterocycles. The third kappa shape index (κ3) is 2.79. The van der Waals surface area contributed by atoms with Gasteiger partial charge in [-0.05, 0) is 25.5 Å². The van der Waals surface area contributed by atoms with Gasteiger partial charge in [0.25, 0.3) is 5.56 Å². The molecule has 0 radical (unpaired) electrons. The smallest absolute Gasteiger partial charge is 0.278 e. The van der Waals surface area contributed by atoms with E-state index < -0.39 is 0 Å². The van der Waals surface area contributed by atoms with Crippen molar-refractivity contribution in [1.82, 2.24) is 28.9 Å². The van der Waals surface area contributed by atoms with Crippen molar-refractivity contribution in [1.29, 1.82) is 5.26 Å². The molecule has 4 heterocycles. The molecule has 2 atom stereocenters. The van der Waals surface area contributed by atoms with Crippen LogP contribution in [0.4, 0.5) is 0 Å². The van der Waals surface area contributed by atoms with Gasteiger partial charge in [-0.1, -0.05) is 38.1 Å². The lowest BCUT2D eigenvalue weighted by Gasteiger charge is -2.21. The number of aromatic nitrogens is 6. The minimum atomic E-state index is -0.385. The minimum absolute atomic E-state index is 0.0774. The lowest BCUT2D eigenvalue weighted by atomic mass is 9.90. The average molecular weight is 417 g/mol. The van der Waals surface area contributed by atoms with E-state index in [1.165, 1.54) is 0 Å². The van der Waals surface area contributed by atoms with Crippen LogP contribution in [-0.2, 0) is 10.2 Å². The van der Waals surface area contributed by atoms with Crippen molar-refractivity contribution < 1.29 is 4.74 Å². The van der Waals surface area contributed by atoms with Crippen LogP contribution in [-0.4, -0.2) is 41.7 Å². The Morgan fingerprint density at radius 3 is 2.61 bits per heavy atom. The number of para-hydroxylation sites is 2. The van der Waals surface area contributed by atoms with E-state index in [0.29, 0.717) is 29.2 Å². The van der Waals surface area contributed by atoms with Crippen molar-refractivity contribution in [3.05, 3.63) is 46.6 Å². The van der Waals surface area contributed by atoms with Crippen LogP contribution in [0.1, 0.15) is 45.9 Å². The summed E-state index contributed by atoms with van der Waals surface area (Å²) in [6.45, 7) is 8.58. The zero-order valence-electron chi connectivity index (χ0n) is 17.9. The second-order valence-corrected chi connectivity index (χ2v) is 8.96. The van der Waals surface area contributed by atoms with Gasteiger partial charge in [0, 0.05) is 12.0 Å². The summed E-state index contributed by atoms with van der Waals surface area (Å²) in [6.07, 6.45) is 4.35. The molecular formula is C22H23N7O2. The van der Waals surface area contributed by atoms with Crippen LogP contribution >= 0.6 is 0 Å². The number of hydrogen-bond acceptors (Lipinski definition) is 6. The van der Waals surface area contributed by atoms with Crippen LogP contribution in [0.15, 0.2) is 35.4 Å². The molecule has 1 aromatic carbocycles. The molecule has 0 amide bonds. The Balaban J connectivity index is 1.92. The normalized spacial score (nSPS) is 19.3. The van der Waals surface area contributed by atoms with Gasteiger partial charge < -0.3 is 4.74 Å². The fraction of sp³-hybridized carbons (Fsp3) is 0.409. The van der Waals surface area contributed by atoms with E-state index in [1.807, 2.05) is 62.7 Å². The van der Waals surface area contributed by atoms with Crippen molar-refractivity contribution in [2.45, 2.75) is 51.7 Å². The number of nitrogens with zero attached hydrogens (tertiary/aromatic N) is 7. The molecule has 3 aromatic heterocycles. The first-order valence-corrected chi connectivity index (χ1v) is 10.3. The summed E-state index contributed by atoms with van der Waals surface area (Å²) in [5, 5.41) is 17.9. The summed E-state index contributed by atoms with van der Waals surface area (Å²) in [5.41, 5.74) is 3.02. The Morgan fingerprint density at radius 1 is 1.23 bits per heavy atom. The third-order valence-electron chi connectivity index (χ3n) is 5.96. The molecule has 0 bridgehead atoms. The van der Waals surface area contributed by atoms with Gasteiger partial charge in [-0.15, -0.1) is 9.78 Å². The number of imidazole rings is 1. The molecule has 2 unspecified atom stereocenters. The van der Waals surface area contributed by atoms with Crippen LogP contribution in [0.5, 0.6) is 0 Å². The van der Waals surface area contributed by atoms with Gasteiger partial charge in [0.2, 0.25) is 6.19 Å². The SMILES string of the molecule is CC1OCCC1n1c(=O)c2c(-c3c(C(C)(C)C)nnn3C#N)ncn2c2ccccc21. The van der Waals surface area contributed by atoms with Crippen LogP contribution in [0, 0.1) is 11.5 Å². The highest BCUT2D eigenvalue weighted by atomic mass is 16.5. The van der Waals surface area contributed by atoms with Crippen molar-refractivity contribution in [3.8, 4) is 17.6 Å². The fourth-order valence-corrected chi connectivity index (χ4v) is 4.46. The third-order valence-corrected chi connectivity index (χ3v) is 5.96. The lowest BCUT2D eigenvalue weighted by molar-refractivity contribution is 0.108. The summed E-state index contributed by atoms with van der Waals surface area (Å²) in [4.78, 5) is 18.5. The molecule has 4 aromatic rings. The second kappa shape index (κ2) is 6.75. The maximum absolute atomic E-state index is 13.9. The molecule has 9 nitrogen and oxygen atoms in total. The second-order valence-electron chi connectivity index (χ2n) is 8.96. The summed E-state index contributed by atoms with van der Waals surface area (Å²) in [5.74, 6) is 0. The first-order chi connectivity index (χ1) is 14.8. The standard InChI is InChI=1S/C22H23N7O2/c1-13-14(9-10-31-13)29-16-8-6-5-7-15(16)27-12-24-17(19(27)21(29)30)18-20(22(2,3)4)25-26-28(18)11-23/h5-8,12-14H,9-10H2,1-4H3.